The predicted octanol–water partition coefficient (Wildman–Crippen LogP) is 3.11. The molecule has 0 aliphatic rings. The molecule has 0 saturated heterocycles. The lowest BCUT2D eigenvalue weighted by Gasteiger charge is -2.06. The van der Waals surface area contributed by atoms with Crippen molar-refractivity contribution < 1.29 is 4.74 Å². The minimum atomic E-state index is 0.258. The highest BCUT2D eigenvalue weighted by molar-refractivity contribution is 6.28. The molecule has 2 aromatic rings. The average molecular weight is 235 g/mol. The van der Waals surface area contributed by atoms with Crippen molar-refractivity contribution in [3.63, 3.8) is 0 Å². The monoisotopic (exact) mass is 234 g/mol. The minimum absolute atomic E-state index is 0.258. The van der Waals surface area contributed by atoms with Crippen LogP contribution in [0.3, 0.4) is 0 Å². The molecule has 0 saturated carbocycles. The molecule has 1 aromatic heterocycles. The third-order valence-electron chi connectivity index (χ3n) is 2.35. The maximum Gasteiger partial charge on any atom is 0.222 e. The Morgan fingerprint density at radius 3 is 2.38 bits per heavy atom. The van der Waals surface area contributed by atoms with Crippen LogP contribution in [0.1, 0.15) is 5.56 Å². The zero-order chi connectivity index (χ0) is 11.5. The molecule has 0 aliphatic heterocycles. The van der Waals surface area contributed by atoms with Gasteiger partial charge < -0.3 is 4.74 Å². The van der Waals surface area contributed by atoms with Gasteiger partial charge in [0, 0.05) is 18.0 Å². The summed E-state index contributed by atoms with van der Waals surface area (Å²) in [6, 6.07) is 5.93. The first-order chi connectivity index (χ1) is 7.70. The molecule has 0 amide bonds. The van der Waals surface area contributed by atoms with Crippen molar-refractivity contribution in [1.82, 2.24) is 9.97 Å². The number of nitrogens with zero attached hydrogens (tertiary/aromatic N) is 2. The second-order valence-electron chi connectivity index (χ2n) is 3.43. The molecular formula is C12H11ClN2O. The zero-order valence-corrected chi connectivity index (χ0v) is 9.82. The lowest BCUT2D eigenvalue weighted by Crippen LogP contribution is -1.89. The summed E-state index contributed by atoms with van der Waals surface area (Å²) in [4.78, 5) is 7.90. The SMILES string of the molecule is COc1ccc(-c2cnc(Cl)nc2)cc1C. The number of hydrogen-bond donors (Lipinski definition) is 0. The predicted molar refractivity (Wildman–Crippen MR) is 63.8 cm³/mol. The summed E-state index contributed by atoms with van der Waals surface area (Å²) in [5.41, 5.74) is 3.07. The number of benzene rings is 1. The van der Waals surface area contributed by atoms with E-state index in [4.69, 9.17) is 16.3 Å². The molecular weight excluding hydrogens is 224 g/mol. The zero-order valence-electron chi connectivity index (χ0n) is 9.07. The van der Waals surface area contributed by atoms with Crippen molar-refractivity contribution in [2.24, 2.45) is 0 Å². The van der Waals surface area contributed by atoms with Crippen LogP contribution in [0.5, 0.6) is 5.75 Å². The molecule has 0 radical (unpaired) electrons. The van der Waals surface area contributed by atoms with Crippen molar-refractivity contribution in [2.75, 3.05) is 7.11 Å². The molecule has 0 spiro atoms. The number of halogens is 1. The van der Waals surface area contributed by atoms with Gasteiger partial charge in [0.25, 0.3) is 0 Å². The smallest absolute Gasteiger partial charge is 0.222 e. The van der Waals surface area contributed by atoms with Crippen molar-refractivity contribution in [3.05, 3.63) is 41.4 Å². The van der Waals surface area contributed by atoms with E-state index in [9.17, 15) is 0 Å². The van der Waals surface area contributed by atoms with Gasteiger partial charge in [0.1, 0.15) is 5.75 Å². The second kappa shape index (κ2) is 4.49. The summed E-state index contributed by atoms with van der Waals surface area (Å²) in [6.07, 6.45) is 3.41. The van der Waals surface area contributed by atoms with E-state index in [1.54, 1.807) is 19.5 Å². The Kier molecular flexibility index (Phi) is 3.06. The van der Waals surface area contributed by atoms with E-state index >= 15 is 0 Å². The van der Waals surface area contributed by atoms with Crippen LogP contribution in [-0.2, 0) is 0 Å². The van der Waals surface area contributed by atoms with E-state index in [0.29, 0.717) is 0 Å². The Hall–Kier alpha value is -1.61. The lowest BCUT2D eigenvalue weighted by molar-refractivity contribution is 0.412. The van der Waals surface area contributed by atoms with Gasteiger partial charge in [0.2, 0.25) is 5.28 Å². The van der Waals surface area contributed by atoms with E-state index in [0.717, 1.165) is 22.4 Å². The number of hydrogen-bond acceptors (Lipinski definition) is 3. The molecule has 82 valence electrons. The van der Waals surface area contributed by atoms with Gasteiger partial charge in [0.15, 0.2) is 0 Å². The van der Waals surface area contributed by atoms with Crippen LogP contribution in [0.4, 0.5) is 0 Å². The molecule has 0 bridgehead atoms. The Bertz CT molecular complexity index is 497. The van der Waals surface area contributed by atoms with Gasteiger partial charge in [-0.05, 0) is 41.8 Å². The Labute approximate surface area is 99.1 Å². The Balaban J connectivity index is 2.41. The number of methoxy groups -OCH3 is 1. The molecule has 0 N–H and O–H groups in total. The van der Waals surface area contributed by atoms with Gasteiger partial charge in [-0.1, -0.05) is 6.07 Å². The van der Waals surface area contributed by atoms with E-state index in [2.05, 4.69) is 9.97 Å². The van der Waals surface area contributed by atoms with Gasteiger partial charge in [-0.3, -0.25) is 0 Å². The van der Waals surface area contributed by atoms with E-state index in [-0.39, 0.29) is 5.28 Å². The van der Waals surface area contributed by atoms with Crippen LogP contribution >= 0.6 is 11.6 Å². The van der Waals surface area contributed by atoms with Crippen LogP contribution in [0, 0.1) is 6.92 Å². The van der Waals surface area contributed by atoms with Crippen molar-refractivity contribution in [1.29, 1.82) is 0 Å². The first kappa shape index (κ1) is 10.9. The summed E-state index contributed by atoms with van der Waals surface area (Å²) in [6.45, 7) is 2.00. The molecule has 1 aromatic carbocycles. The third-order valence-corrected chi connectivity index (χ3v) is 2.54. The quantitative estimate of drug-likeness (QED) is 0.749. The van der Waals surface area contributed by atoms with Gasteiger partial charge in [-0.15, -0.1) is 0 Å². The number of rotatable bonds is 2. The average Bonchev–Trinajstić information content (AvgIpc) is 2.30. The Morgan fingerprint density at radius 1 is 1.12 bits per heavy atom. The first-order valence-electron chi connectivity index (χ1n) is 4.83. The van der Waals surface area contributed by atoms with Crippen molar-refractivity contribution in [3.8, 4) is 16.9 Å². The van der Waals surface area contributed by atoms with E-state index in [1.165, 1.54) is 0 Å². The third kappa shape index (κ3) is 2.14. The van der Waals surface area contributed by atoms with Gasteiger partial charge in [-0.25, -0.2) is 9.97 Å². The molecule has 0 atom stereocenters. The molecule has 0 unspecified atom stereocenters. The van der Waals surface area contributed by atoms with E-state index in [1.807, 2.05) is 25.1 Å². The topological polar surface area (TPSA) is 35.0 Å². The lowest BCUT2D eigenvalue weighted by atomic mass is 10.1. The maximum atomic E-state index is 5.64. The molecule has 3 nitrogen and oxygen atoms in total. The fourth-order valence-corrected chi connectivity index (χ4v) is 1.62. The molecule has 0 aliphatic carbocycles. The highest BCUT2D eigenvalue weighted by Gasteiger charge is 2.03. The summed E-state index contributed by atoms with van der Waals surface area (Å²) in [5, 5.41) is 0.258. The summed E-state index contributed by atoms with van der Waals surface area (Å²) < 4.78 is 5.20. The highest BCUT2D eigenvalue weighted by atomic mass is 35.5. The largest absolute Gasteiger partial charge is 0.496 e. The van der Waals surface area contributed by atoms with Crippen LogP contribution in [-0.4, -0.2) is 17.1 Å². The second-order valence-corrected chi connectivity index (χ2v) is 3.76. The molecule has 0 fully saturated rings. The molecule has 16 heavy (non-hydrogen) atoms. The Morgan fingerprint density at radius 2 is 1.81 bits per heavy atom. The first-order valence-corrected chi connectivity index (χ1v) is 5.21. The minimum Gasteiger partial charge on any atom is -0.496 e. The summed E-state index contributed by atoms with van der Waals surface area (Å²) in [7, 11) is 1.66. The van der Waals surface area contributed by atoms with Crippen molar-refractivity contribution in [2.45, 2.75) is 6.92 Å². The normalized spacial score (nSPS) is 10.2. The number of aryl methyl sites for hydroxylation is 1. The van der Waals surface area contributed by atoms with Crippen molar-refractivity contribution >= 4 is 11.6 Å². The summed E-state index contributed by atoms with van der Waals surface area (Å²) >= 11 is 5.64. The van der Waals surface area contributed by atoms with Gasteiger partial charge in [-0.2, -0.15) is 0 Å². The number of aromatic nitrogens is 2. The number of ether oxygens (including phenoxy) is 1. The molecule has 1 heterocycles. The van der Waals surface area contributed by atoms with Crippen LogP contribution < -0.4 is 4.74 Å². The van der Waals surface area contributed by atoms with Crippen LogP contribution in [0.2, 0.25) is 5.28 Å². The van der Waals surface area contributed by atoms with E-state index < -0.39 is 0 Å². The fraction of sp³-hybridized carbons (Fsp3) is 0.167. The highest BCUT2D eigenvalue weighted by Crippen LogP contribution is 2.25. The summed E-state index contributed by atoms with van der Waals surface area (Å²) in [5.74, 6) is 0.874. The van der Waals surface area contributed by atoms with Gasteiger partial charge >= 0.3 is 0 Å². The molecule has 2 rings (SSSR count). The van der Waals surface area contributed by atoms with Gasteiger partial charge in [0.05, 0.1) is 7.11 Å². The standard InChI is InChI=1S/C12H11ClN2O/c1-8-5-9(3-4-11(8)16-2)10-6-14-12(13)15-7-10/h3-7H,1-2H3. The van der Waals surface area contributed by atoms with Crippen LogP contribution in [0.15, 0.2) is 30.6 Å². The fourth-order valence-electron chi connectivity index (χ4n) is 1.52. The molecule has 4 heteroatoms. The maximum absolute atomic E-state index is 5.64. The van der Waals surface area contributed by atoms with Crippen LogP contribution in [0.25, 0.3) is 11.1 Å².